The zero-order valence-corrected chi connectivity index (χ0v) is 20.1. The van der Waals surface area contributed by atoms with Crippen LogP contribution >= 0.6 is 35.6 Å². The van der Waals surface area contributed by atoms with Crippen molar-refractivity contribution in [1.29, 1.82) is 0 Å². The lowest BCUT2D eigenvalue weighted by Gasteiger charge is -2.13. The minimum Gasteiger partial charge on any atom is -0.398 e. The van der Waals surface area contributed by atoms with Gasteiger partial charge in [0.15, 0.2) is 0 Å². The molecule has 1 aliphatic rings. The average Bonchev–Trinajstić information content (AvgIpc) is 3.10. The Kier molecular flexibility index (Phi) is 8.19. The van der Waals surface area contributed by atoms with Gasteiger partial charge in [-0.25, -0.2) is 9.97 Å². The van der Waals surface area contributed by atoms with Crippen LogP contribution in [0.4, 0.5) is 17.2 Å². The monoisotopic (exact) mass is 464 g/mol. The van der Waals surface area contributed by atoms with Crippen LogP contribution < -0.4 is 16.4 Å². The molecule has 2 aromatic heterocycles. The van der Waals surface area contributed by atoms with Crippen LogP contribution in [0.15, 0.2) is 23.4 Å². The summed E-state index contributed by atoms with van der Waals surface area (Å²) < 4.78 is 0. The number of halogens is 1. The molecule has 0 unspecified atom stereocenters. The zero-order chi connectivity index (χ0) is 21.7. The number of thiophene rings is 1. The fourth-order valence-electron chi connectivity index (χ4n) is 3.32. The Hall–Kier alpha value is -1.58. The zero-order valence-electron chi connectivity index (χ0n) is 17.6. The molecule has 0 radical (unpaired) electrons. The number of anilines is 3. The minimum atomic E-state index is 0.552. The van der Waals surface area contributed by atoms with Crippen molar-refractivity contribution in [2.45, 2.75) is 30.6 Å². The molecule has 30 heavy (non-hydrogen) atoms. The molecule has 0 fully saturated rings. The maximum atomic E-state index is 6.30. The number of aryl methyl sites for hydroxylation is 2. The van der Waals surface area contributed by atoms with Gasteiger partial charge in [0, 0.05) is 28.5 Å². The molecule has 3 aromatic rings. The lowest BCUT2D eigenvalue weighted by molar-refractivity contribution is 0.407. The smallest absolute Gasteiger partial charge is 0.142 e. The molecule has 4 rings (SSSR count). The first-order valence-electron chi connectivity index (χ1n) is 10.00. The number of benzene rings is 1. The summed E-state index contributed by atoms with van der Waals surface area (Å²) in [5, 5.41) is 8.07. The summed E-state index contributed by atoms with van der Waals surface area (Å²) >= 11 is 12.4. The van der Waals surface area contributed by atoms with Crippen LogP contribution in [0.3, 0.4) is 0 Å². The van der Waals surface area contributed by atoms with Crippen LogP contribution in [-0.2, 0) is 12.8 Å². The Morgan fingerprint density at radius 2 is 2.00 bits per heavy atom. The normalized spacial score (nSPS) is 13.1. The van der Waals surface area contributed by atoms with Crippen LogP contribution in [0, 0.1) is 0 Å². The lowest BCUT2D eigenvalue weighted by atomic mass is 9.97. The third-order valence-electron chi connectivity index (χ3n) is 4.93. The van der Waals surface area contributed by atoms with Gasteiger partial charge in [0.2, 0.25) is 0 Å². The van der Waals surface area contributed by atoms with Gasteiger partial charge < -0.3 is 21.3 Å². The molecule has 1 aromatic carbocycles. The molecule has 1 aliphatic carbocycles. The molecular formula is C21H29ClN6S2. The topological polar surface area (TPSA) is 79.1 Å². The van der Waals surface area contributed by atoms with E-state index in [9.17, 15) is 0 Å². The number of nitrogens with two attached hydrogens (primary N) is 1. The summed E-state index contributed by atoms with van der Waals surface area (Å²) in [4.78, 5) is 14.2. The number of aromatic nitrogens is 2. The average molecular weight is 465 g/mol. The predicted molar refractivity (Wildman–Crippen MR) is 133 cm³/mol. The molecule has 0 aliphatic heterocycles. The van der Waals surface area contributed by atoms with Crippen molar-refractivity contribution in [3.63, 3.8) is 0 Å². The van der Waals surface area contributed by atoms with Crippen molar-refractivity contribution >= 4 is 63.0 Å². The molecular weight excluding hydrogens is 436 g/mol. The van der Waals surface area contributed by atoms with Crippen molar-refractivity contribution in [2.24, 2.45) is 0 Å². The number of hydrogen-bond donors (Lipinski definition) is 4. The molecule has 0 bridgehead atoms. The van der Waals surface area contributed by atoms with Crippen molar-refractivity contribution in [3.05, 3.63) is 33.9 Å². The number of rotatable bonds is 5. The quantitative estimate of drug-likeness (QED) is 0.326. The molecule has 0 saturated heterocycles. The second kappa shape index (κ2) is 10.6. The maximum absolute atomic E-state index is 6.30. The highest BCUT2D eigenvalue weighted by atomic mass is 35.5. The summed E-state index contributed by atoms with van der Waals surface area (Å²) in [7, 11) is 6.10. The second-order valence-electron chi connectivity index (χ2n) is 7.54. The van der Waals surface area contributed by atoms with Crippen molar-refractivity contribution in [1.82, 2.24) is 20.2 Å². The summed E-state index contributed by atoms with van der Waals surface area (Å²) in [6, 6.07) is 3.53. The van der Waals surface area contributed by atoms with E-state index in [1.165, 1.54) is 23.3 Å². The van der Waals surface area contributed by atoms with Crippen molar-refractivity contribution in [3.8, 4) is 0 Å². The van der Waals surface area contributed by atoms with E-state index < -0.39 is 0 Å². The van der Waals surface area contributed by atoms with E-state index in [4.69, 9.17) is 17.3 Å². The Bertz CT molecular complexity index is 1000. The third kappa shape index (κ3) is 5.56. The summed E-state index contributed by atoms with van der Waals surface area (Å²) in [5.74, 6) is 0.800. The van der Waals surface area contributed by atoms with Gasteiger partial charge in [0.1, 0.15) is 17.0 Å². The Labute approximate surface area is 192 Å². The number of nitrogens with zero attached hydrogens (tertiary/aromatic N) is 3. The standard InChI is InChI=1S/C16H15ClN4S2.C5H14N2/c17-9-5-10(18)12(22)6-11(9)21-15-14-8-3-1-2-4-13(8)23-16(14)20-7-19-15;1-6-4-5-7(2)3/h5-7,22H,1-4,18H2,(H,19,20,21);6H,4-5H2,1-3H3. The van der Waals surface area contributed by atoms with Crippen LogP contribution in [0.1, 0.15) is 23.3 Å². The van der Waals surface area contributed by atoms with Gasteiger partial charge in [-0.05, 0) is 64.5 Å². The van der Waals surface area contributed by atoms with E-state index in [1.54, 1.807) is 23.7 Å². The number of thiol groups is 1. The SMILES string of the molecule is CNCCN(C)C.Nc1cc(Cl)c(Nc2ncnc3sc4c(c23)CCCC4)cc1S. The first-order chi connectivity index (χ1) is 14.4. The van der Waals surface area contributed by atoms with Gasteiger partial charge in [-0.1, -0.05) is 11.6 Å². The molecule has 0 atom stereocenters. The van der Waals surface area contributed by atoms with Gasteiger partial charge >= 0.3 is 0 Å². The van der Waals surface area contributed by atoms with E-state index >= 15 is 0 Å². The highest BCUT2D eigenvalue weighted by molar-refractivity contribution is 7.80. The fourth-order valence-corrected chi connectivity index (χ4v) is 4.96. The van der Waals surface area contributed by atoms with Crippen molar-refractivity contribution < 1.29 is 0 Å². The molecule has 2 heterocycles. The van der Waals surface area contributed by atoms with Gasteiger partial charge in [0.05, 0.1) is 16.1 Å². The first-order valence-corrected chi connectivity index (χ1v) is 11.6. The summed E-state index contributed by atoms with van der Waals surface area (Å²) in [6.45, 7) is 2.20. The van der Waals surface area contributed by atoms with Crippen LogP contribution in [0.5, 0.6) is 0 Å². The molecule has 0 amide bonds. The highest BCUT2D eigenvalue weighted by Crippen LogP contribution is 2.40. The number of fused-ring (bicyclic) bond motifs is 3. The molecule has 9 heteroatoms. The number of nitrogen functional groups attached to an aromatic ring is 1. The molecule has 0 spiro atoms. The largest absolute Gasteiger partial charge is 0.398 e. The lowest BCUT2D eigenvalue weighted by Crippen LogP contribution is -2.23. The maximum Gasteiger partial charge on any atom is 0.142 e. The van der Waals surface area contributed by atoms with Gasteiger partial charge in [-0.15, -0.1) is 24.0 Å². The summed E-state index contributed by atoms with van der Waals surface area (Å²) in [5.41, 5.74) is 8.53. The van der Waals surface area contributed by atoms with Gasteiger partial charge in [-0.2, -0.15) is 0 Å². The molecule has 0 saturated carbocycles. The second-order valence-corrected chi connectivity index (χ2v) is 9.51. The van der Waals surface area contributed by atoms with Crippen LogP contribution in [0.25, 0.3) is 10.2 Å². The van der Waals surface area contributed by atoms with E-state index in [2.05, 4.69) is 52.2 Å². The van der Waals surface area contributed by atoms with Gasteiger partial charge in [0.25, 0.3) is 0 Å². The molecule has 4 N–H and O–H groups in total. The first kappa shape index (κ1) is 23.1. The van der Waals surface area contributed by atoms with Crippen LogP contribution in [-0.4, -0.2) is 49.1 Å². The van der Waals surface area contributed by atoms with Crippen LogP contribution in [0.2, 0.25) is 5.02 Å². The highest BCUT2D eigenvalue weighted by Gasteiger charge is 2.20. The van der Waals surface area contributed by atoms with Gasteiger partial charge in [-0.3, -0.25) is 0 Å². The van der Waals surface area contributed by atoms with Crippen molar-refractivity contribution in [2.75, 3.05) is 45.3 Å². The Morgan fingerprint density at radius 1 is 1.23 bits per heavy atom. The summed E-state index contributed by atoms with van der Waals surface area (Å²) in [6.07, 6.45) is 6.29. The molecule has 6 nitrogen and oxygen atoms in total. The fraction of sp³-hybridized carbons (Fsp3) is 0.429. The minimum absolute atomic E-state index is 0.552. The third-order valence-corrected chi connectivity index (χ3v) is 6.83. The molecule has 162 valence electrons. The van der Waals surface area contributed by atoms with E-state index in [1.807, 2.05) is 13.1 Å². The van der Waals surface area contributed by atoms with E-state index in [0.29, 0.717) is 15.6 Å². The Morgan fingerprint density at radius 3 is 2.70 bits per heavy atom. The number of likely N-dealkylation sites (N-methyl/N-ethyl adjacent to an activating group) is 2. The van der Waals surface area contributed by atoms with E-state index in [-0.39, 0.29) is 0 Å². The number of hydrogen-bond acceptors (Lipinski definition) is 8. The predicted octanol–water partition coefficient (Wildman–Crippen LogP) is 4.61. The number of nitrogens with one attached hydrogen (secondary N) is 2. The van der Waals surface area contributed by atoms with E-state index in [0.717, 1.165) is 47.7 Å². The Balaban J connectivity index is 0.000000318.